The van der Waals surface area contributed by atoms with Gasteiger partial charge in [0.05, 0.1) is 30.2 Å². The van der Waals surface area contributed by atoms with Gasteiger partial charge in [-0.2, -0.15) is 5.10 Å². The fraction of sp³-hybridized carbons (Fsp3) is 0.154. The summed E-state index contributed by atoms with van der Waals surface area (Å²) in [6.45, 7) is 2.71. The zero-order valence-corrected chi connectivity index (χ0v) is 18.6. The summed E-state index contributed by atoms with van der Waals surface area (Å²) in [5, 5.41) is 18.8. The summed E-state index contributed by atoms with van der Waals surface area (Å²) in [6, 6.07) is 14.7. The van der Waals surface area contributed by atoms with Crippen molar-refractivity contribution in [3.63, 3.8) is 0 Å². The van der Waals surface area contributed by atoms with Gasteiger partial charge in [-0.3, -0.25) is 9.48 Å². The van der Waals surface area contributed by atoms with Crippen LogP contribution in [0.5, 0.6) is 5.75 Å². The van der Waals surface area contributed by atoms with Crippen molar-refractivity contribution in [2.75, 3.05) is 11.1 Å². The van der Waals surface area contributed by atoms with Crippen LogP contribution in [0.25, 0.3) is 0 Å². The van der Waals surface area contributed by atoms with Gasteiger partial charge in [-0.25, -0.2) is 0 Å². The minimum Gasteiger partial charge on any atom is -0.504 e. The Morgan fingerprint density at radius 2 is 1.88 bits per heavy atom. The van der Waals surface area contributed by atoms with Gasteiger partial charge in [-0.1, -0.05) is 66.8 Å². The van der Waals surface area contributed by atoms with E-state index < -0.39 is 5.91 Å². The highest BCUT2D eigenvalue weighted by Gasteiger charge is 2.17. The summed E-state index contributed by atoms with van der Waals surface area (Å²) < 4.78 is 1.76. The van der Waals surface area contributed by atoms with Crippen LogP contribution in [0.1, 0.15) is 34.2 Å². The molecule has 170 valence electrons. The zero-order valence-electron chi connectivity index (χ0n) is 18.6. The van der Waals surface area contributed by atoms with E-state index in [9.17, 15) is 9.90 Å². The number of aromatic nitrogens is 2. The summed E-state index contributed by atoms with van der Waals surface area (Å²) in [5.74, 6) is -0.402. The number of carbonyl (C=O) groups excluding carboxylic acids is 1. The van der Waals surface area contributed by atoms with Gasteiger partial charge in [0.25, 0.3) is 0 Å². The number of hydrogen-bond donors (Lipinski definition) is 4. The normalized spacial score (nSPS) is 11.7. The Kier molecular flexibility index (Phi) is 8.07. The lowest BCUT2D eigenvalue weighted by molar-refractivity contribution is 0.100. The molecule has 3 aromatic rings. The number of nitrogens with zero attached hydrogens (tertiary/aromatic N) is 2. The number of amides is 1. The molecule has 2 aromatic carbocycles. The summed E-state index contributed by atoms with van der Waals surface area (Å²) in [7, 11) is 0. The summed E-state index contributed by atoms with van der Waals surface area (Å²) >= 11 is 0. The lowest BCUT2D eigenvalue weighted by Gasteiger charge is -2.12. The molecule has 0 radical (unpaired) electrons. The molecule has 1 amide bonds. The molecule has 0 fully saturated rings. The molecule has 6 N–H and O–H groups in total. The Morgan fingerprint density at radius 3 is 2.61 bits per heavy atom. The van der Waals surface area contributed by atoms with Crippen LogP contribution in [0, 0.1) is 0 Å². The first kappa shape index (κ1) is 23.4. The number of anilines is 2. The Bertz CT molecular complexity index is 1180. The van der Waals surface area contributed by atoms with Crippen molar-refractivity contribution >= 4 is 17.3 Å². The first-order valence-corrected chi connectivity index (χ1v) is 10.7. The number of aromatic hydroxyl groups is 1. The van der Waals surface area contributed by atoms with E-state index in [1.807, 2.05) is 73.7 Å². The number of benzene rings is 2. The van der Waals surface area contributed by atoms with Crippen LogP contribution in [0.2, 0.25) is 0 Å². The largest absolute Gasteiger partial charge is 0.504 e. The highest BCUT2D eigenvalue weighted by Crippen LogP contribution is 2.27. The van der Waals surface area contributed by atoms with Crippen molar-refractivity contribution in [2.45, 2.75) is 26.4 Å². The fourth-order valence-corrected chi connectivity index (χ4v) is 3.30. The molecule has 0 saturated heterocycles. The van der Waals surface area contributed by atoms with Gasteiger partial charge in [0.15, 0.2) is 5.75 Å². The van der Waals surface area contributed by atoms with Crippen molar-refractivity contribution in [3.05, 3.63) is 108 Å². The van der Waals surface area contributed by atoms with E-state index in [1.54, 1.807) is 22.9 Å². The van der Waals surface area contributed by atoms with Crippen molar-refractivity contribution in [1.29, 1.82) is 0 Å². The summed E-state index contributed by atoms with van der Waals surface area (Å²) in [4.78, 5) is 11.5. The molecule has 7 nitrogen and oxygen atoms in total. The van der Waals surface area contributed by atoms with E-state index in [2.05, 4.69) is 10.4 Å². The number of hydrogen-bond acceptors (Lipinski definition) is 5. The quantitative estimate of drug-likeness (QED) is 0.277. The molecule has 3 rings (SSSR count). The fourth-order valence-electron chi connectivity index (χ4n) is 3.30. The van der Waals surface area contributed by atoms with Gasteiger partial charge in [-0.15, -0.1) is 0 Å². The van der Waals surface area contributed by atoms with Gasteiger partial charge < -0.3 is 21.9 Å². The molecule has 0 aliphatic carbocycles. The van der Waals surface area contributed by atoms with Crippen molar-refractivity contribution in [1.82, 2.24) is 9.78 Å². The number of rotatable bonds is 10. The molecule has 7 heteroatoms. The van der Waals surface area contributed by atoms with E-state index in [4.69, 9.17) is 11.5 Å². The maximum Gasteiger partial charge on any atom is 0.248 e. The predicted molar refractivity (Wildman–Crippen MR) is 133 cm³/mol. The van der Waals surface area contributed by atoms with Gasteiger partial charge in [-0.05, 0) is 30.7 Å². The SMILES string of the molecule is C\C=C/C=C\C=C\Cn1nc(Cc2ccccc2)c(O)c1CNc1cc(C(N)=O)ccc1N. The summed E-state index contributed by atoms with van der Waals surface area (Å²) in [5.41, 5.74) is 15.1. The maximum atomic E-state index is 11.5. The third-order valence-electron chi connectivity index (χ3n) is 5.04. The molecule has 0 aliphatic heterocycles. The number of allylic oxidation sites excluding steroid dienone is 6. The second-order valence-corrected chi connectivity index (χ2v) is 7.45. The molecule has 33 heavy (non-hydrogen) atoms. The van der Waals surface area contributed by atoms with Crippen LogP contribution in [0.15, 0.2) is 85.0 Å². The third kappa shape index (κ3) is 6.36. The average molecular weight is 444 g/mol. The lowest BCUT2D eigenvalue weighted by Crippen LogP contribution is -2.13. The molecular formula is C26H29N5O2. The molecule has 0 atom stereocenters. The summed E-state index contributed by atoms with van der Waals surface area (Å²) in [6.07, 6.45) is 12.2. The second-order valence-electron chi connectivity index (χ2n) is 7.45. The lowest BCUT2D eigenvalue weighted by atomic mass is 10.1. The zero-order chi connectivity index (χ0) is 23.6. The van der Waals surface area contributed by atoms with Crippen molar-refractivity contribution < 1.29 is 9.90 Å². The topological polar surface area (TPSA) is 119 Å². The maximum absolute atomic E-state index is 11.5. The predicted octanol–water partition coefficient (Wildman–Crippen LogP) is 4.16. The van der Waals surface area contributed by atoms with Crippen molar-refractivity contribution in [2.24, 2.45) is 5.73 Å². The Morgan fingerprint density at radius 1 is 1.12 bits per heavy atom. The standard InChI is InChI=1S/C26H29N5O2/c1-2-3-4-5-6-10-15-31-24(18-29-22-17-20(26(28)33)13-14-21(22)27)25(32)23(30-31)16-19-11-8-7-9-12-19/h2-14,17,29,32H,15-16,18,27H2,1H3,(H2,28,33)/b3-2-,5-4-,10-6+. The van der Waals surface area contributed by atoms with Crippen molar-refractivity contribution in [3.8, 4) is 5.75 Å². The molecule has 0 spiro atoms. The van der Waals surface area contributed by atoms with E-state index in [0.717, 1.165) is 5.56 Å². The highest BCUT2D eigenvalue weighted by atomic mass is 16.3. The van der Waals surface area contributed by atoms with Crippen LogP contribution in [-0.4, -0.2) is 20.8 Å². The Labute approximate surface area is 193 Å². The number of nitrogen functional groups attached to an aromatic ring is 1. The van der Waals surface area contributed by atoms with Gasteiger partial charge in [0.1, 0.15) is 5.69 Å². The molecule has 1 heterocycles. The smallest absolute Gasteiger partial charge is 0.248 e. The minimum atomic E-state index is -0.535. The average Bonchev–Trinajstić information content (AvgIpc) is 3.10. The molecule has 0 aliphatic rings. The Hall–Kier alpha value is -4.26. The van der Waals surface area contributed by atoms with Crippen LogP contribution in [0.4, 0.5) is 11.4 Å². The van der Waals surface area contributed by atoms with E-state index >= 15 is 0 Å². The second kappa shape index (κ2) is 11.4. The molecule has 0 saturated carbocycles. The number of nitrogens with one attached hydrogen (secondary N) is 1. The van der Waals surface area contributed by atoms with Crippen LogP contribution < -0.4 is 16.8 Å². The number of primary amides is 1. The van der Waals surface area contributed by atoms with Gasteiger partial charge in [0, 0.05) is 12.0 Å². The molecule has 0 bridgehead atoms. The van der Waals surface area contributed by atoms with E-state index in [-0.39, 0.29) is 12.3 Å². The Balaban J connectivity index is 1.85. The molecular weight excluding hydrogens is 414 g/mol. The molecule has 1 aromatic heterocycles. The van der Waals surface area contributed by atoms with Gasteiger partial charge >= 0.3 is 0 Å². The van der Waals surface area contributed by atoms with Crippen LogP contribution in [-0.2, 0) is 19.5 Å². The highest BCUT2D eigenvalue weighted by molar-refractivity contribution is 5.94. The van der Waals surface area contributed by atoms with Gasteiger partial charge in [0.2, 0.25) is 5.91 Å². The monoisotopic (exact) mass is 443 g/mol. The van der Waals surface area contributed by atoms with Crippen LogP contribution in [0.3, 0.4) is 0 Å². The number of nitrogens with two attached hydrogens (primary N) is 2. The molecule has 0 unspecified atom stereocenters. The van der Waals surface area contributed by atoms with E-state index in [1.165, 1.54) is 0 Å². The minimum absolute atomic E-state index is 0.133. The first-order valence-electron chi connectivity index (χ1n) is 10.7. The van der Waals surface area contributed by atoms with Crippen LogP contribution >= 0.6 is 0 Å². The number of carbonyl (C=O) groups is 1. The first-order chi connectivity index (χ1) is 16.0. The third-order valence-corrected chi connectivity index (χ3v) is 5.04. The van der Waals surface area contributed by atoms with E-state index in [0.29, 0.717) is 41.3 Å².